The molecule has 0 aromatic heterocycles. The van der Waals surface area contributed by atoms with Gasteiger partial charge in [-0.3, -0.25) is 9.35 Å². The van der Waals surface area contributed by atoms with E-state index in [1.807, 2.05) is 0 Å². The highest BCUT2D eigenvalue weighted by Crippen LogP contribution is 2.25. The number of anilines is 1. The predicted molar refractivity (Wildman–Crippen MR) is 57.9 cm³/mol. The Morgan fingerprint density at radius 2 is 2.06 bits per heavy atom. The van der Waals surface area contributed by atoms with Gasteiger partial charge < -0.3 is 9.50 Å². The molecule has 8 heteroatoms. The maximum Gasteiger partial charge on any atom is 0.446 e. The van der Waals surface area contributed by atoms with Crippen LogP contribution < -0.4 is 9.50 Å². The van der Waals surface area contributed by atoms with E-state index in [4.69, 9.17) is 16.2 Å². The van der Waals surface area contributed by atoms with Crippen LogP contribution in [-0.4, -0.2) is 18.9 Å². The van der Waals surface area contributed by atoms with E-state index in [9.17, 15) is 13.2 Å². The molecule has 0 bridgehead atoms. The van der Waals surface area contributed by atoms with E-state index < -0.39 is 10.4 Å². The summed E-state index contributed by atoms with van der Waals surface area (Å²) in [6.45, 7) is 1.28. The molecule has 0 saturated carbocycles. The molecule has 0 aliphatic heterocycles. The second-order valence-electron chi connectivity index (χ2n) is 2.87. The topological polar surface area (TPSA) is 92.7 Å². The van der Waals surface area contributed by atoms with Crippen LogP contribution >= 0.6 is 11.6 Å². The number of hydrogen-bond acceptors (Lipinski definition) is 4. The molecule has 2 N–H and O–H groups in total. The molecule has 0 aliphatic rings. The normalized spacial score (nSPS) is 10.9. The van der Waals surface area contributed by atoms with Crippen molar-refractivity contribution in [2.75, 3.05) is 5.32 Å². The van der Waals surface area contributed by atoms with E-state index >= 15 is 0 Å². The van der Waals surface area contributed by atoms with Crippen LogP contribution in [0.4, 0.5) is 5.69 Å². The minimum absolute atomic E-state index is 0.157. The molecule has 1 aromatic carbocycles. The highest BCUT2D eigenvalue weighted by atomic mass is 35.5. The first-order chi connectivity index (χ1) is 7.26. The molecule has 6 nitrogen and oxygen atoms in total. The molecule has 0 unspecified atom stereocenters. The van der Waals surface area contributed by atoms with E-state index in [1.165, 1.54) is 25.1 Å². The quantitative estimate of drug-likeness (QED) is 0.808. The fourth-order valence-electron chi connectivity index (χ4n) is 1.01. The molecule has 0 radical (unpaired) electrons. The summed E-state index contributed by atoms with van der Waals surface area (Å²) in [5, 5.41) is 2.55. The first-order valence-electron chi connectivity index (χ1n) is 4.01. The van der Waals surface area contributed by atoms with Gasteiger partial charge in [0.05, 0.1) is 0 Å². The second-order valence-corrected chi connectivity index (χ2v) is 4.33. The van der Waals surface area contributed by atoms with Crippen molar-refractivity contribution in [3.05, 3.63) is 23.2 Å². The van der Waals surface area contributed by atoms with Gasteiger partial charge in [-0.15, -0.1) is 0 Å². The predicted octanol–water partition coefficient (Wildman–Crippen LogP) is 1.48. The van der Waals surface area contributed by atoms with Crippen molar-refractivity contribution in [3.8, 4) is 5.75 Å². The second kappa shape index (κ2) is 4.69. The Bertz CT molecular complexity index is 513. The summed E-state index contributed by atoms with van der Waals surface area (Å²) in [4.78, 5) is 10.8. The van der Waals surface area contributed by atoms with Gasteiger partial charge in [-0.25, -0.2) is 0 Å². The third kappa shape index (κ3) is 4.47. The van der Waals surface area contributed by atoms with Gasteiger partial charge >= 0.3 is 10.4 Å². The molecule has 0 heterocycles. The van der Waals surface area contributed by atoms with Gasteiger partial charge in [0.2, 0.25) is 5.91 Å². The molecule has 16 heavy (non-hydrogen) atoms. The van der Waals surface area contributed by atoms with Gasteiger partial charge in [-0.1, -0.05) is 11.6 Å². The Balaban J connectivity index is 3.03. The van der Waals surface area contributed by atoms with Crippen LogP contribution in [0.2, 0.25) is 5.02 Å². The van der Waals surface area contributed by atoms with Crippen molar-refractivity contribution in [3.63, 3.8) is 0 Å². The first-order valence-corrected chi connectivity index (χ1v) is 5.75. The van der Waals surface area contributed by atoms with E-state index in [0.29, 0.717) is 0 Å². The third-order valence-electron chi connectivity index (χ3n) is 1.39. The number of halogens is 1. The summed E-state index contributed by atoms with van der Waals surface area (Å²) in [5.74, 6) is -0.543. The average molecular weight is 266 g/mol. The SMILES string of the molecule is CC(=O)Nc1cc(Cl)cc(OS(=O)(=O)O)c1. The smallest absolute Gasteiger partial charge is 0.362 e. The molecule has 0 saturated heterocycles. The molecule has 0 spiro atoms. The Morgan fingerprint density at radius 3 is 2.56 bits per heavy atom. The van der Waals surface area contributed by atoms with Gasteiger partial charge in [0.25, 0.3) is 0 Å². The van der Waals surface area contributed by atoms with Gasteiger partial charge in [0, 0.05) is 29.8 Å². The van der Waals surface area contributed by atoms with E-state index in [2.05, 4.69) is 9.50 Å². The molecule has 88 valence electrons. The average Bonchev–Trinajstić information content (AvgIpc) is 1.96. The number of hydrogen-bond donors (Lipinski definition) is 2. The molecule has 0 fully saturated rings. The Labute approximate surface area is 97.1 Å². The largest absolute Gasteiger partial charge is 0.446 e. The number of carbonyl (C=O) groups is 1. The highest BCUT2D eigenvalue weighted by Gasteiger charge is 2.09. The zero-order chi connectivity index (χ0) is 12.3. The van der Waals surface area contributed by atoms with Crippen molar-refractivity contribution in [1.29, 1.82) is 0 Å². The number of nitrogens with one attached hydrogen (secondary N) is 1. The lowest BCUT2D eigenvalue weighted by atomic mass is 10.3. The van der Waals surface area contributed by atoms with Gasteiger partial charge in [0.1, 0.15) is 5.75 Å². The third-order valence-corrected chi connectivity index (χ3v) is 2.01. The van der Waals surface area contributed by atoms with E-state index in [0.717, 1.165) is 0 Å². The zero-order valence-corrected chi connectivity index (χ0v) is 9.67. The molecular formula is C8H8ClNO5S. The molecule has 0 aliphatic carbocycles. The van der Waals surface area contributed by atoms with E-state index in [-0.39, 0.29) is 22.4 Å². The summed E-state index contributed by atoms with van der Waals surface area (Å²) in [5.41, 5.74) is 0.263. The van der Waals surface area contributed by atoms with Crippen molar-refractivity contribution in [2.24, 2.45) is 0 Å². The van der Waals surface area contributed by atoms with Crippen LogP contribution in [0.25, 0.3) is 0 Å². The fraction of sp³-hybridized carbons (Fsp3) is 0.125. The Hall–Kier alpha value is -1.31. The van der Waals surface area contributed by atoms with Gasteiger partial charge in [0.15, 0.2) is 0 Å². The number of carbonyl (C=O) groups excluding carboxylic acids is 1. The lowest BCUT2D eigenvalue weighted by Gasteiger charge is -2.06. The summed E-state index contributed by atoms with van der Waals surface area (Å²) < 4.78 is 33.5. The lowest BCUT2D eigenvalue weighted by Crippen LogP contribution is -2.08. The van der Waals surface area contributed by atoms with Crippen LogP contribution in [0.3, 0.4) is 0 Å². The summed E-state index contributed by atoms with van der Waals surface area (Å²) in [6.07, 6.45) is 0. The van der Waals surface area contributed by atoms with Crippen LogP contribution in [-0.2, 0) is 15.2 Å². The zero-order valence-electron chi connectivity index (χ0n) is 8.10. The molecular weight excluding hydrogens is 258 g/mol. The fourth-order valence-corrected chi connectivity index (χ4v) is 1.57. The van der Waals surface area contributed by atoms with Crippen molar-refractivity contribution >= 4 is 33.6 Å². The van der Waals surface area contributed by atoms with Crippen LogP contribution in [0, 0.1) is 0 Å². The summed E-state index contributed by atoms with van der Waals surface area (Å²) in [7, 11) is -4.61. The maximum absolute atomic E-state index is 10.8. The molecule has 1 amide bonds. The maximum atomic E-state index is 10.8. The minimum Gasteiger partial charge on any atom is -0.362 e. The van der Waals surface area contributed by atoms with Crippen molar-refractivity contribution < 1.29 is 21.9 Å². The van der Waals surface area contributed by atoms with Crippen LogP contribution in [0.15, 0.2) is 18.2 Å². The standard InChI is InChI=1S/C8H8ClNO5S/c1-5(11)10-7-2-6(9)3-8(4-7)15-16(12,13)14/h2-4H,1H3,(H,10,11)(H,12,13,14). The molecule has 1 rings (SSSR count). The monoisotopic (exact) mass is 265 g/mol. The summed E-state index contributed by atoms with van der Waals surface area (Å²) >= 11 is 5.65. The molecule has 0 atom stereocenters. The number of amides is 1. The Kier molecular flexibility index (Phi) is 3.74. The first kappa shape index (κ1) is 12.8. The number of rotatable bonds is 3. The molecule has 1 aromatic rings. The van der Waals surface area contributed by atoms with Crippen molar-refractivity contribution in [1.82, 2.24) is 0 Å². The van der Waals surface area contributed by atoms with Crippen LogP contribution in [0.5, 0.6) is 5.75 Å². The summed E-state index contributed by atoms with van der Waals surface area (Å²) in [6, 6.07) is 3.79. The minimum atomic E-state index is -4.61. The highest BCUT2D eigenvalue weighted by molar-refractivity contribution is 7.81. The van der Waals surface area contributed by atoms with Gasteiger partial charge in [-0.2, -0.15) is 8.42 Å². The lowest BCUT2D eigenvalue weighted by molar-refractivity contribution is -0.114. The van der Waals surface area contributed by atoms with Gasteiger partial charge in [-0.05, 0) is 6.07 Å². The van der Waals surface area contributed by atoms with E-state index in [1.54, 1.807) is 0 Å². The van der Waals surface area contributed by atoms with Crippen LogP contribution in [0.1, 0.15) is 6.92 Å². The number of benzene rings is 1. The van der Waals surface area contributed by atoms with Crippen molar-refractivity contribution in [2.45, 2.75) is 6.92 Å². The Morgan fingerprint density at radius 1 is 1.44 bits per heavy atom.